The lowest BCUT2D eigenvalue weighted by atomic mass is 10.1. The molecule has 1 unspecified atom stereocenters. The highest BCUT2D eigenvalue weighted by Crippen LogP contribution is 2.22. The van der Waals surface area contributed by atoms with Crippen LogP contribution in [0.4, 0.5) is 0 Å². The molecule has 0 spiro atoms. The maximum absolute atomic E-state index is 5.90. The van der Waals surface area contributed by atoms with E-state index in [4.69, 9.17) is 11.6 Å². The Hall–Kier alpha value is -0.180. The molecule has 0 amide bonds. The van der Waals surface area contributed by atoms with E-state index in [1.54, 1.807) is 0 Å². The molecule has 0 aliphatic heterocycles. The molecular formula is C17H28ClNS. The number of thioether (sulfide) groups is 1. The Labute approximate surface area is 133 Å². The second-order valence-corrected chi connectivity index (χ2v) is 6.84. The molecule has 1 N–H and O–H groups in total. The van der Waals surface area contributed by atoms with E-state index < -0.39 is 0 Å². The molecule has 1 atom stereocenters. The highest BCUT2D eigenvalue weighted by molar-refractivity contribution is 7.99. The number of benzene rings is 1. The summed E-state index contributed by atoms with van der Waals surface area (Å²) in [5.41, 5.74) is 0. The van der Waals surface area contributed by atoms with E-state index in [1.165, 1.54) is 49.8 Å². The number of hydrogen-bond donors (Lipinski definition) is 1. The van der Waals surface area contributed by atoms with E-state index in [9.17, 15) is 0 Å². The van der Waals surface area contributed by atoms with E-state index in [2.05, 4.69) is 31.4 Å². The van der Waals surface area contributed by atoms with Gasteiger partial charge in [0.15, 0.2) is 0 Å². The van der Waals surface area contributed by atoms with Crippen molar-refractivity contribution in [3.05, 3.63) is 29.3 Å². The minimum absolute atomic E-state index is 0.613. The van der Waals surface area contributed by atoms with Gasteiger partial charge in [0.2, 0.25) is 0 Å². The fourth-order valence-electron chi connectivity index (χ4n) is 2.21. The first-order valence-corrected chi connectivity index (χ1v) is 9.18. The van der Waals surface area contributed by atoms with Crippen LogP contribution >= 0.6 is 23.4 Å². The van der Waals surface area contributed by atoms with Crippen molar-refractivity contribution in [2.45, 2.75) is 62.8 Å². The van der Waals surface area contributed by atoms with E-state index in [0.29, 0.717) is 6.04 Å². The second kappa shape index (κ2) is 11.5. The molecular weight excluding hydrogens is 286 g/mol. The normalized spacial score (nSPS) is 12.6. The van der Waals surface area contributed by atoms with Crippen molar-refractivity contribution >= 4 is 23.4 Å². The zero-order valence-corrected chi connectivity index (χ0v) is 14.4. The van der Waals surface area contributed by atoms with Gasteiger partial charge >= 0.3 is 0 Å². The topological polar surface area (TPSA) is 12.0 Å². The van der Waals surface area contributed by atoms with Gasteiger partial charge in [0.05, 0.1) is 0 Å². The van der Waals surface area contributed by atoms with Crippen LogP contribution in [0.25, 0.3) is 0 Å². The van der Waals surface area contributed by atoms with Crippen molar-refractivity contribution < 1.29 is 0 Å². The van der Waals surface area contributed by atoms with E-state index in [1.807, 2.05) is 23.9 Å². The molecule has 1 aromatic rings. The number of hydrogen-bond acceptors (Lipinski definition) is 2. The molecule has 0 bridgehead atoms. The third-order valence-electron chi connectivity index (χ3n) is 3.58. The molecule has 0 saturated heterocycles. The van der Waals surface area contributed by atoms with Gasteiger partial charge in [-0.25, -0.2) is 0 Å². The number of nitrogens with one attached hydrogen (secondary N) is 1. The number of rotatable bonds is 11. The van der Waals surface area contributed by atoms with E-state index in [0.717, 1.165) is 10.8 Å². The molecule has 0 radical (unpaired) electrons. The van der Waals surface area contributed by atoms with Crippen molar-refractivity contribution in [1.29, 1.82) is 0 Å². The van der Waals surface area contributed by atoms with Crippen LogP contribution < -0.4 is 5.32 Å². The Kier molecular flexibility index (Phi) is 10.3. The van der Waals surface area contributed by atoms with Gasteiger partial charge in [-0.1, -0.05) is 57.0 Å². The smallest absolute Gasteiger partial charge is 0.0406 e. The van der Waals surface area contributed by atoms with Crippen LogP contribution in [0.1, 0.15) is 51.9 Å². The maximum Gasteiger partial charge on any atom is 0.0406 e. The Bertz CT molecular complexity index is 339. The summed E-state index contributed by atoms with van der Waals surface area (Å²) in [6.07, 6.45) is 9.52. The molecule has 0 aliphatic rings. The Morgan fingerprint density at radius 1 is 1.05 bits per heavy atom. The highest BCUT2D eigenvalue weighted by atomic mass is 35.5. The summed E-state index contributed by atoms with van der Waals surface area (Å²) in [5.74, 6) is 1.13. The van der Waals surface area contributed by atoms with Gasteiger partial charge in [0.25, 0.3) is 0 Å². The Morgan fingerprint density at radius 2 is 1.70 bits per heavy atom. The summed E-state index contributed by atoms with van der Waals surface area (Å²) in [7, 11) is 2.07. The third-order valence-corrected chi connectivity index (χ3v) is 5.01. The summed E-state index contributed by atoms with van der Waals surface area (Å²) in [4.78, 5) is 1.30. The first kappa shape index (κ1) is 17.9. The quantitative estimate of drug-likeness (QED) is 0.411. The predicted octanol–water partition coefficient (Wildman–Crippen LogP) is 5.77. The largest absolute Gasteiger partial charge is 0.316 e. The molecule has 20 heavy (non-hydrogen) atoms. The number of halogens is 1. The fraction of sp³-hybridized carbons (Fsp3) is 0.647. The molecule has 0 aliphatic carbocycles. The van der Waals surface area contributed by atoms with Gasteiger partial charge in [-0.15, -0.1) is 11.8 Å². The Morgan fingerprint density at radius 3 is 2.35 bits per heavy atom. The van der Waals surface area contributed by atoms with Crippen LogP contribution in [0.3, 0.4) is 0 Å². The van der Waals surface area contributed by atoms with Crippen molar-refractivity contribution in [1.82, 2.24) is 5.32 Å². The van der Waals surface area contributed by atoms with Crippen LogP contribution in [0, 0.1) is 0 Å². The zero-order valence-electron chi connectivity index (χ0n) is 12.8. The first-order valence-electron chi connectivity index (χ1n) is 7.82. The predicted molar refractivity (Wildman–Crippen MR) is 93.0 cm³/mol. The standard InChI is InChI=1S/C17H28ClNS/c1-3-4-5-6-7-8-9-16(19-2)14-20-17-12-10-15(18)11-13-17/h10-13,16,19H,3-9,14H2,1-2H3. The SMILES string of the molecule is CCCCCCCCC(CSc1ccc(Cl)cc1)NC. The molecule has 1 aromatic carbocycles. The average Bonchev–Trinajstić information content (AvgIpc) is 2.47. The first-order chi connectivity index (χ1) is 9.76. The van der Waals surface area contributed by atoms with E-state index >= 15 is 0 Å². The van der Waals surface area contributed by atoms with Crippen LogP contribution in [0.2, 0.25) is 5.02 Å². The van der Waals surface area contributed by atoms with Gasteiger partial charge < -0.3 is 5.32 Å². The minimum Gasteiger partial charge on any atom is -0.316 e. The van der Waals surface area contributed by atoms with Crippen molar-refractivity contribution in [3.63, 3.8) is 0 Å². The van der Waals surface area contributed by atoms with E-state index in [-0.39, 0.29) is 0 Å². The molecule has 0 heterocycles. The van der Waals surface area contributed by atoms with Crippen LogP contribution in [0.5, 0.6) is 0 Å². The summed E-state index contributed by atoms with van der Waals surface area (Å²) >= 11 is 7.81. The van der Waals surface area contributed by atoms with Gasteiger partial charge in [-0.2, -0.15) is 0 Å². The zero-order chi connectivity index (χ0) is 14.6. The summed E-state index contributed by atoms with van der Waals surface area (Å²) in [5, 5.41) is 4.25. The van der Waals surface area contributed by atoms with Crippen LogP contribution in [0.15, 0.2) is 29.2 Å². The van der Waals surface area contributed by atoms with Gasteiger partial charge in [-0.3, -0.25) is 0 Å². The number of unbranched alkanes of at least 4 members (excludes halogenated alkanes) is 5. The molecule has 114 valence electrons. The lowest BCUT2D eigenvalue weighted by Crippen LogP contribution is -2.27. The fourth-order valence-corrected chi connectivity index (χ4v) is 3.39. The molecule has 0 aromatic heterocycles. The van der Waals surface area contributed by atoms with Crippen LogP contribution in [-0.4, -0.2) is 18.8 Å². The summed E-state index contributed by atoms with van der Waals surface area (Å²) in [6, 6.07) is 8.74. The lowest BCUT2D eigenvalue weighted by Gasteiger charge is -2.15. The van der Waals surface area contributed by atoms with Crippen molar-refractivity contribution in [2.75, 3.05) is 12.8 Å². The Balaban J connectivity index is 2.14. The van der Waals surface area contributed by atoms with Crippen molar-refractivity contribution in [3.8, 4) is 0 Å². The lowest BCUT2D eigenvalue weighted by molar-refractivity contribution is 0.514. The van der Waals surface area contributed by atoms with Gasteiger partial charge in [0, 0.05) is 21.7 Å². The maximum atomic E-state index is 5.90. The minimum atomic E-state index is 0.613. The highest BCUT2D eigenvalue weighted by Gasteiger charge is 2.06. The molecule has 0 fully saturated rings. The molecule has 1 nitrogen and oxygen atoms in total. The molecule has 0 saturated carbocycles. The van der Waals surface area contributed by atoms with Crippen LogP contribution in [-0.2, 0) is 0 Å². The van der Waals surface area contributed by atoms with Gasteiger partial charge in [0.1, 0.15) is 0 Å². The second-order valence-electron chi connectivity index (χ2n) is 5.31. The summed E-state index contributed by atoms with van der Waals surface area (Å²) < 4.78 is 0. The summed E-state index contributed by atoms with van der Waals surface area (Å²) in [6.45, 7) is 2.27. The monoisotopic (exact) mass is 313 g/mol. The van der Waals surface area contributed by atoms with Gasteiger partial charge in [-0.05, 0) is 37.7 Å². The molecule has 1 rings (SSSR count). The third kappa shape index (κ3) is 8.18. The molecule has 3 heteroatoms. The van der Waals surface area contributed by atoms with Crippen molar-refractivity contribution in [2.24, 2.45) is 0 Å². The average molecular weight is 314 g/mol.